The van der Waals surface area contributed by atoms with E-state index in [2.05, 4.69) is 18.2 Å². The maximum Gasteiger partial charge on any atom is 0.167 e. The molecule has 1 aromatic heterocycles. The summed E-state index contributed by atoms with van der Waals surface area (Å²) in [6.07, 6.45) is 6.64. The zero-order valence-corrected chi connectivity index (χ0v) is 13.0. The Morgan fingerprint density at radius 2 is 2.00 bits per heavy atom. The number of aryl methyl sites for hydroxylation is 1. The Morgan fingerprint density at radius 3 is 2.86 bits per heavy atom. The van der Waals surface area contributed by atoms with E-state index in [0.29, 0.717) is 0 Å². The van der Waals surface area contributed by atoms with Crippen LogP contribution in [0.15, 0.2) is 40.5 Å². The van der Waals surface area contributed by atoms with Crippen LogP contribution in [0.25, 0.3) is 5.57 Å². The van der Waals surface area contributed by atoms with Crippen LogP contribution in [0.4, 0.5) is 0 Å². The molecule has 0 spiro atoms. The molecule has 2 aliphatic rings. The van der Waals surface area contributed by atoms with Crippen LogP contribution in [0.1, 0.15) is 42.6 Å². The highest BCUT2D eigenvalue weighted by Gasteiger charge is 2.33. The van der Waals surface area contributed by atoms with E-state index in [0.717, 1.165) is 41.2 Å². The topological polar surface area (TPSA) is 31.6 Å². The van der Waals surface area contributed by atoms with E-state index >= 15 is 0 Å². The second kappa shape index (κ2) is 5.24. The van der Waals surface area contributed by atoms with Crippen LogP contribution in [0.3, 0.4) is 0 Å². The van der Waals surface area contributed by atoms with Crippen molar-refractivity contribution in [3.8, 4) is 11.5 Å². The molecule has 2 heterocycles. The van der Waals surface area contributed by atoms with E-state index < -0.39 is 0 Å². The summed E-state index contributed by atoms with van der Waals surface area (Å²) in [4.78, 5) is 0. The zero-order chi connectivity index (χ0) is 15.1. The van der Waals surface area contributed by atoms with E-state index in [4.69, 9.17) is 13.9 Å². The van der Waals surface area contributed by atoms with Crippen LogP contribution in [-0.4, -0.2) is 13.2 Å². The third-order valence-corrected chi connectivity index (χ3v) is 4.69. The van der Waals surface area contributed by atoms with Crippen molar-refractivity contribution in [2.45, 2.75) is 38.7 Å². The highest BCUT2D eigenvalue weighted by molar-refractivity contribution is 5.89. The summed E-state index contributed by atoms with van der Waals surface area (Å²) in [5, 5.41) is 0. The molecule has 0 bridgehead atoms. The Kier molecular flexibility index (Phi) is 3.21. The van der Waals surface area contributed by atoms with Gasteiger partial charge in [-0.05, 0) is 44.2 Å². The van der Waals surface area contributed by atoms with Crippen molar-refractivity contribution >= 4 is 5.57 Å². The Morgan fingerprint density at radius 1 is 1.14 bits per heavy atom. The molecule has 0 radical (unpaired) electrons. The standard InChI is InChI=1S/C19H20O3/c1-12-19(20-2)15(11-21-12)18-13-7-3-5-9-16(13)22-17-10-6-4-8-14(17)18/h3,5,7,9,11,17H,4,6,8,10H2,1-2H3. The van der Waals surface area contributed by atoms with Gasteiger partial charge in [0.1, 0.15) is 23.9 Å². The number of hydrogen-bond donors (Lipinski definition) is 0. The lowest BCUT2D eigenvalue weighted by Gasteiger charge is -2.34. The van der Waals surface area contributed by atoms with E-state index in [-0.39, 0.29) is 6.10 Å². The van der Waals surface area contributed by atoms with Crippen LogP contribution < -0.4 is 9.47 Å². The molecule has 3 nitrogen and oxygen atoms in total. The van der Waals surface area contributed by atoms with Gasteiger partial charge in [0.25, 0.3) is 0 Å². The maximum absolute atomic E-state index is 6.24. The second-order valence-electron chi connectivity index (χ2n) is 5.99. The average molecular weight is 296 g/mol. The molecule has 1 atom stereocenters. The number of benzene rings is 1. The maximum atomic E-state index is 6.24. The predicted octanol–water partition coefficient (Wildman–Crippen LogP) is 4.73. The minimum Gasteiger partial charge on any atom is -0.492 e. The molecule has 0 saturated heterocycles. The molecule has 1 aliphatic carbocycles. The summed E-state index contributed by atoms with van der Waals surface area (Å²) in [7, 11) is 1.70. The molecule has 1 saturated carbocycles. The lowest BCUT2D eigenvalue weighted by atomic mass is 9.81. The molecule has 1 unspecified atom stereocenters. The van der Waals surface area contributed by atoms with Crippen LogP contribution in [-0.2, 0) is 0 Å². The Balaban J connectivity index is 1.97. The summed E-state index contributed by atoms with van der Waals surface area (Å²) in [5.41, 5.74) is 4.84. The number of fused-ring (bicyclic) bond motifs is 2. The van der Waals surface area contributed by atoms with Crippen molar-refractivity contribution in [3.05, 3.63) is 53.0 Å². The number of hydrogen-bond acceptors (Lipinski definition) is 3. The van der Waals surface area contributed by atoms with Crippen molar-refractivity contribution in [1.82, 2.24) is 0 Å². The van der Waals surface area contributed by atoms with Crippen molar-refractivity contribution < 1.29 is 13.9 Å². The zero-order valence-electron chi connectivity index (χ0n) is 13.0. The van der Waals surface area contributed by atoms with Crippen LogP contribution in [0.5, 0.6) is 11.5 Å². The molecule has 114 valence electrons. The molecule has 1 fully saturated rings. The van der Waals surface area contributed by atoms with Crippen LogP contribution in [0.2, 0.25) is 0 Å². The number of methoxy groups -OCH3 is 1. The molecule has 4 rings (SSSR count). The van der Waals surface area contributed by atoms with Gasteiger partial charge >= 0.3 is 0 Å². The van der Waals surface area contributed by atoms with Gasteiger partial charge in [-0.25, -0.2) is 0 Å². The fourth-order valence-corrected chi connectivity index (χ4v) is 3.69. The van der Waals surface area contributed by atoms with Gasteiger partial charge in [0.15, 0.2) is 5.75 Å². The lowest BCUT2D eigenvalue weighted by Crippen LogP contribution is -2.27. The second-order valence-corrected chi connectivity index (χ2v) is 5.99. The van der Waals surface area contributed by atoms with Gasteiger partial charge in [0.05, 0.1) is 12.7 Å². The fourth-order valence-electron chi connectivity index (χ4n) is 3.69. The summed E-state index contributed by atoms with van der Waals surface area (Å²) in [6.45, 7) is 1.94. The van der Waals surface area contributed by atoms with E-state index in [1.54, 1.807) is 7.11 Å². The van der Waals surface area contributed by atoms with E-state index in [1.165, 1.54) is 24.0 Å². The number of ether oxygens (including phenoxy) is 2. The molecule has 22 heavy (non-hydrogen) atoms. The SMILES string of the molecule is COc1c(C2=C3CCCCC3Oc3ccccc32)coc1C. The Labute approximate surface area is 130 Å². The van der Waals surface area contributed by atoms with Gasteiger partial charge in [-0.3, -0.25) is 0 Å². The van der Waals surface area contributed by atoms with Crippen molar-refractivity contribution in [2.24, 2.45) is 0 Å². The van der Waals surface area contributed by atoms with Gasteiger partial charge in [-0.15, -0.1) is 0 Å². The predicted molar refractivity (Wildman–Crippen MR) is 85.3 cm³/mol. The molecule has 1 aromatic carbocycles. The van der Waals surface area contributed by atoms with E-state index in [1.807, 2.05) is 19.3 Å². The highest BCUT2D eigenvalue weighted by atomic mass is 16.5. The summed E-state index contributed by atoms with van der Waals surface area (Å²) in [6, 6.07) is 8.28. The Bertz CT molecular complexity index is 739. The van der Waals surface area contributed by atoms with Crippen molar-refractivity contribution in [1.29, 1.82) is 0 Å². The third-order valence-electron chi connectivity index (χ3n) is 4.69. The fraction of sp³-hybridized carbons (Fsp3) is 0.368. The first-order valence-electron chi connectivity index (χ1n) is 7.91. The lowest BCUT2D eigenvalue weighted by molar-refractivity contribution is 0.199. The third kappa shape index (κ3) is 1.96. The Hall–Kier alpha value is -2.16. The van der Waals surface area contributed by atoms with Gasteiger partial charge in [0.2, 0.25) is 0 Å². The minimum absolute atomic E-state index is 0.193. The number of furan rings is 1. The van der Waals surface area contributed by atoms with Gasteiger partial charge in [0, 0.05) is 11.1 Å². The molecule has 0 amide bonds. The summed E-state index contributed by atoms with van der Waals surface area (Å²) < 4.78 is 17.5. The van der Waals surface area contributed by atoms with Crippen LogP contribution >= 0.6 is 0 Å². The first kappa shape index (κ1) is 13.5. The molecule has 0 N–H and O–H groups in total. The van der Waals surface area contributed by atoms with E-state index in [9.17, 15) is 0 Å². The molecular weight excluding hydrogens is 276 g/mol. The van der Waals surface area contributed by atoms with Crippen molar-refractivity contribution in [3.63, 3.8) is 0 Å². The summed E-state index contributed by atoms with van der Waals surface area (Å²) in [5.74, 6) is 2.62. The monoisotopic (exact) mass is 296 g/mol. The molecule has 3 heteroatoms. The number of rotatable bonds is 2. The molecule has 2 aromatic rings. The van der Waals surface area contributed by atoms with Gasteiger partial charge < -0.3 is 13.9 Å². The summed E-state index contributed by atoms with van der Waals surface area (Å²) >= 11 is 0. The average Bonchev–Trinajstić information content (AvgIpc) is 2.93. The quantitative estimate of drug-likeness (QED) is 0.802. The van der Waals surface area contributed by atoms with Crippen molar-refractivity contribution in [2.75, 3.05) is 7.11 Å². The molecule has 1 aliphatic heterocycles. The smallest absolute Gasteiger partial charge is 0.167 e. The first-order chi connectivity index (χ1) is 10.8. The van der Waals surface area contributed by atoms with Gasteiger partial charge in [-0.1, -0.05) is 18.2 Å². The van der Waals surface area contributed by atoms with Crippen LogP contribution in [0, 0.1) is 6.92 Å². The minimum atomic E-state index is 0.193. The number of para-hydroxylation sites is 1. The first-order valence-corrected chi connectivity index (χ1v) is 7.91. The highest BCUT2D eigenvalue weighted by Crippen LogP contribution is 2.47. The largest absolute Gasteiger partial charge is 0.492 e. The van der Waals surface area contributed by atoms with Gasteiger partial charge in [-0.2, -0.15) is 0 Å². The molecular formula is C19H20O3. The normalized spacial score (nSPS) is 20.2.